The summed E-state index contributed by atoms with van der Waals surface area (Å²) < 4.78 is 30.8. The molecule has 142 valence electrons. The van der Waals surface area contributed by atoms with Gasteiger partial charge in [-0.2, -0.15) is 5.10 Å². The second-order valence-electron chi connectivity index (χ2n) is 6.83. The molecular formula is C18H18F2N4O3. The van der Waals surface area contributed by atoms with Crippen LogP contribution in [-0.2, 0) is 11.2 Å². The molecular weight excluding hydrogens is 358 g/mol. The normalized spacial score (nSPS) is 22.1. The zero-order valence-corrected chi connectivity index (χ0v) is 14.4. The zero-order valence-electron chi connectivity index (χ0n) is 14.4. The number of carbonyl (C=O) groups excluding carboxylic acids is 2. The lowest BCUT2D eigenvalue weighted by molar-refractivity contribution is 0.0371. The largest absolute Gasteiger partial charge is 0.447 e. The maximum Gasteiger partial charge on any atom is 0.410 e. The molecule has 2 saturated heterocycles. The van der Waals surface area contributed by atoms with Gasteiger partial charge in [0, 0.05) is 26.1 Å². The summed E-state index contributed by atoms with van der Waals surface area (Å²) in [6, 6.07) is 10.7. The number of nitrogens with one attached hydrogen (secondary N) is 1. The number of carbonyl (C=O) groups is 2. The van der Waals surface area contributed by atoms with Crippen molar-refractivity contribution >= 4 is 12.0 Å². The molecule has 3 heterocycles. The molecule has 2 aliphatic heterocycles. The molecule has 2 aliphatic rings. The summed E-state index contributed by atoms with van der Waals surface area (Å²) in [7, 11) is 0. The molecule has 1 aromatic carbocycles. The highest BCUT2D eigenvalue weighted by Gasteiger charge is 2.51. The summed E-state index contributed by atoms with van der Waals surface area (Å²) in [5.74, 6) is -0.440. The fourth-order valence-electron chi connectivity index (χ4n) is 3.73. The standard InChI is InChI=1S/C18H18F2N4O3/c19-15(20)13-8-14(22-21-13)16(25)23-6-7-24-17(26)27-11-18(24,10-23)9-12-4-2-1-3-5-12/h1-5,8,15H,6-7,9-11H2,(H,21,22). The van der Waals surface area contributed by atoms with E-state index >= 15 is 0 Å². The molecule has 27 heavy (non-hydrogen) atoms. The van der Waals surface area contributed by atoms with Crippen molar-refractivity contribution in [2.24, 2.45) is 0 Å². The Morgan fingerprint density at radius 1 is 1.30 bits per heavy atom. The highest BCUT2D eigenvalue weighted by Crippen LogP contribution is 2.33. The van der Waals surface area contributed by atoms with Crippen molar-refractivity contribution in [2.45, 2.75) is 18.4 Å². The number of aromatic nitrogens is 2. The van der Waals surface area contributed by atoms with E-state index in [2.05, 4.69) is 10.2 Å². The van der Waals surface area contributed by atoms with Crippen LogP contribution in [0.2, 0.25) is 0 Å². The third kappa shape index (κ3) is 3.13. The molecule has 1 aromatic heterocycles. The van der Waals surface area contributed by atoms with Gasteiger partial charge in [0.25, 0.3) is 12.3 Å². The van der Waals surface area contributed by atoms with Crippen LogP contribution in [0.4, 0.5) is 13.6 Å². The highest BCUT2D eigenvalue weighted by atomic mass is 19.3. The Balaban J connectivity index is 1.58. The molecule has 0 saturated carbocycles. The van der Waals surface area contributed by atoms with E-state index in [4.69, 9.17) is 4.74 Å². The molecule has 0 bridgehead atoms. The van der Waals surface area contributed by atoms with Crippen molar-refractivity contribution in [1.82, 2.24) is 20.0 Å². The van der Waals surface area contributed by atoms with Gasteiger partial charge in [0.05, 0.1) is 0 Å². The van der Waals surface area contributed by atoms with E-state index in [0.717, 1.165) is 11.6 Å². The topological polar surface area (TPSA) is 78.5 Å². The first kappa shape index (κ1) is 17.4. The van der Waals surface area contributed by atoms with Crippen LogP contribution in [0, 0.1) is 0 Å². The summed E-state index contributed by atoms with van der Waals surface area (Å²) in [6.07, 6.45) is -2.58. The second-order valence-corrected chi connectivity index (χ2v) is 6.83. The number of ether oxygens (including phenoxy) is 1. The van der Waals surface area contributed by atoms with Crippen molar-refractivity contribution in [3.8, 4) is 0 Å². The number of cyclic esters (lactones) is 1. The van der Waals surface area contributed by atoms with Crippen LogP contribution in [-0.4, -0.2) is 63.8 Å². The van der Waals surface area contributed by atoms with E-state index in [0.29, 0.717) is 19.5 Å². The third-order valence-electron chi connectivity index (χ3n) is 5.05. The monoisotopic (exact) mass is 376 g/mol. The van der Waals surface area contributed by atoms with Crippen molar-refractivity contribution in [3.05, 3.63) is 53.3 Å². The Labute approximate surface area is 153 Å². The van der Waals surface area contributed by atoms with Gasteiger partial charge in [-0.15, -0.1) is 0 Å². The van der Waals surface area contributed by atoms with Gasteiger partial charge in [0.2, 0.25) is 0 Å². The minimum absolute atomic E-state index is 0.0566. The van der Waals surface area contributed by atoms with Gasteiger partial charge in [-0.3, -0.25) is 14.8 Å². The summed E-state index contributed by atoms with van der Waals surface area (Å²) in [5, 5.41) is 5.90. The molecule has 9 heteroatoms. The molecule has 2 aromatic rings. The number of aromatic amines is 1. The minimum atomic E-state index is -2.72. The van der Waals surface area contributed by atoms with Crippen molar-refractivity contribution in [2.75, 3.05) is 26.2 Å². The lowest BCUT2D eigenvalue weighted by Gasteiger charge is -2.44. The highest BCUT2D eigenvalue weighted by molar-refractivity contribution is 5.92. The van der Waals surface area contributed by atoms with E-state index in [-0.39, 0.29) is 18.8 Å². The molecule has 1 unspecified atom stereocenters. The number of hydrogen-bond acceptors (Lipinski definition) is 4. The zero-order chi connectivity index (χ0) is 19.0. The van der Waals surface area contributed by atoms with E-state index in [1.165, 1.54) is 0 Å². The fraction of sp³-hybridized carbons (Fsp3) is 0.389. The van der Waals surface area contributed by atoms with Crippen molar-refractivity contribution in [1.29, 1.82) is 0 Å². The van der Waals surface area contributed by atoms with Gasteiger partial charge in [0.15, 0.2) is 5.69 Å². The number of alkyl halides is 2. The van der Waals surface area contributed by atoms with Gasteiger partial charge >= 0.3 is 6.09 Å². The SMILES string of the molecule is O=C(c1cc(C(F)F)[nH]n1)N1CCN2C(=O)OCC2(Cc2ccccc2)C1. The molecule has 1 atom stereocenters. The maximum absolute atomic E-state index is 12.8. The Morgan fingerprint density at radius 2 is 2.07 bits per heavy atom. The quantitative estimate of drug-likeness (QED) is 0.888. The number of rotatable bonds is 4. The number of nitrogens with zero attached hydrogens (tertiary/aromatic N) is 3. The molecule has 1 N–H and O–H groups in total. The van der Waals surface area contributed by atoms with Crippen LogP contribution < -0.4 is 0 Å². The second kappa shape index (κ2) is 6.64. The summed E-state index contributed by atoms with van der Waals surface area (Å²) in [6.45, 7) is 1.04. The van der Waals surface area contributed by atoms with Crippen LogP contribution in [0.15, 0.2) is 36.4 Å². The number of hydrogen-bond donors (Lipinski definition) is 1. The van der Waals surface area contributed by atoms with Gasteiger partial charge in [-0.05, 0) is 11.6 Å². The molecule has 2 amide bonds. The molecule has 4 rings (SSSR count). The summed E-state index contributed by atoms with van der Waals surface area (Å²) in [4.78, 5) is 28.1. The van der Waals surface area contributed by atoms with E-state index in [1.807, 2.05) is 30.3 Å². The van der Waals surface area contributed by atoms with Gasteiger partial charge in [-0.1, -0.05) is 30.3 Å². The molecule has 0 spiro atoms. The smallest absolute Gasteiger partial charge is 0.410 e. The molecule has 0 radical (unpaired) electrons. The number of piperazine rings is 1. The Hall–Kier alpha value is -2.97. The van der Waals surface area contributed by atoms with Gasteiger partial charge in [0.1, 0.15) is 17.8 Å². The predicted molar refractivity (Wildman–Crippen MR) is 90.4 cm³/mol. The van der Waals surface area contributed by atoms with E-state index in [1.54, 1.807) is 9.80 Å². The Morgan fingerprint density at radius 3 is 2.78 bits per heavy atom. The Bertz CT molecular complexity index is 857. The first-order valence-corrected chi connectivity index (χ1v) is 8.60. The number of amides is 2. The number of H-pyrrole nitrogens is 1. The van der Waals surface area contributed by atoms with Crippen molar-refractivity contribution in [3.63, 3.8) is 0 Å². The molecule has 7 nitrogen and oxygen atoms in total. The number of fused-ring (bicyclic) bond motifs is 1. The average molecular weight is 376 g/mol. The average Bonchev–Trinajstić information content (AvgIpc) is 3.28. The maximum atomic E-state index is 12.8. The van der Waals surface area contributed by atoms with Gasteiger partial charge < -0.3 is 9.64 Å². The van der Waals surface area contributed by atoms with Crippen LogP contribution in [0.5, 0.6) is 0 Å². The summed E-state index contributed by atoms with van der Waals surface area (Å²) in [5.41, 5.74) is -0.0992. The Kier molecular flexibility index (Phi) is 4.29. The first-order valence-electron chi connectivity index (χ1n) is 8.60. The van der Waals surface area contributed by atoms with Crippen LogP contribution in [0.3, 0.4) is 0 Å². The third-order valence-corrected chi connectivity index (χ3v) is 5.05. The lowest BCUT2D eigenvalue weighted by Crippen LogP contribution is -2.63. The molecule has 2 fully saturated rings. The van der Waals surface area contributed by atoms with E-state index in [9.17, 15) is 18.4 Å². The fourth-order valence-corrected chi connectivity index (χ4v) is 3.73. The van der Waals surface area contributed by atoms with Gasteiger partial charge in [-0.25, -0.2) is 13.6 Å². The van der Waals surface area contributed by atoms with E-state index < -0.39 is 29.7 Å². The lowest BCUT2D eigenvalue weighted by atomic mass is 9.88. The van der Waals surface area contributed by atoms with Crippen LogP contribution in [0.25, 0.3) is 0 Å². The van der Waals surface area contributed by atoms with Crippen LogP contribution in [0.1, 0.15) is 28.2 Å². The van der Waals surface area contributed by atoms with Crippen LogP contribution >= 0.6 is 0 Å². The molecule has 0 aliphatic carbocycles. The minimum Gasteiger partial charge on any atom is -0.447 e. The summed E-state index contributed by atoms with van der Waals surface area (Å²) >= 11 is 0. The first-order chi connectivity index (χ1) is 13.0. The number of halogens is 2. The number of benzene rings is 1. The van der Waals surface area contributed by atoms with Crippen molar-refractivity contribution < 1.29 is 23.1 Å². The predicted octanol–water partition coefficient (Wildman–Crippen LogP) is 2.24.